The molecule has 0 N–H and O–H groups in total. The molecule has 2 rings (SSSR count). The Morgan fingerprint density at radius 1 is 1.45 bits per heavy atom. The molecule has 0 bridgehead atoms. The highest BCUT2D eigenvalue weighted by molar-refractivity contribution is 7.98. The second-order valence-corrected chi connectivity index (χ2v) is 4.70. The van der Waals surface area contributed by atoms with Crippen molar-refractivity contribution in [1.29, 1.82) is 5.26 Å². The quantitative estimate of drug-likeness (QED) is 0.643. The molecule has 0 aliphatic rings. The number of nitrogens with zero attached hydrogens (tertiary/aromatic N) is 3. The van der Waals surface area contributed by atoms with E-state index in [9.17, 15) is 13.6 Å². The number of hydrogen-bond acceptors (Lipinski definition) is 4. The zero-order chi connectivity index (χ0) is 14.7. The van der Waals surface area contributed by atoms with E-state index < -0.39 is 17.2 Å². The highest BCUT2D eigenvalue weighted by atomic mass is 32.2. The third kappa shape index (κ3) is 2.70. The monoisotopic (exact) mass is 293 g/mol. The van der Waals surface area contributed by atoms with E-state index in [0.29, 0.717) is 5.03 Å². The molecule has 1 aromatic carbocycles. The van der Waals surface area contributed by atoms with Crippen LogP contribution in [0, 0.1) is 23.0 Å². The number of rotatable bonds is 3. The van der Waals surface area contributed by atoms with Gasteiger partial charge >= 0.3 is 0 Å². The van der Waals surface area contributed by atoms with Gasteiger partial charge in [-0.1, -0.05) is 0 Å². The Balaban J connectivity index is 2.48. The fourth-order valence-electron chi connectivity index (χ4n) is 1.69. The predicted octanol–water partition coefficient (Wildman–Crippen LogP) is 2.16. The second kappa shape index (κ2) is 5.84. The average molecular weight is 293 g/mol. The van der Waals surface area contributed by atoms with Crippen LogP contribution in [0.4, 0.5) is 8.78 Å². The van der Waals surface area contributed by atoms with E-state index in [1.807, 2.05) is 0 Å². The van der Waals surface area contributed by atoms with Gasteiger partial charge in [-0.25, -0.2) is 13.8 Å². The minimum Gasteiger partial charge on any atom is -0.293 e. The van der Waals surface area contributed by atoms with Crippen molar-refractivity contribution in [3.63, 3.8) is 0 Å². The predicted molar refractivity (Wildman–Crippen MR) is 70.5 cm³/mol. The summed E-state index contributed by atoms with van der Waals surface area (Å²) in [4.78, 5) is 16.0. The van der Waals surface area contributed by atoms with Crippen molar-refractivity contribution in [2.45, 2.75) is 11.6 Å². The lowest BCUT2D eigenvalue weighted by atomic mass is 10.2. The van der Waals surface area contributed by atoms with Gasteiger partial charge in [0.15, 0.2) is 0 Å². The van der Waals surface area contributed by atoms with Gasteiger partial charge in [0.05, 0.1) is 12.9 Å². The minimum atomic E-state index is -0.620. The van der Waals surface area contributed by atoms with E-state index in [1.54, 1.807) is 12.3 Å². The third-order valence-corrected chi connectivity index (χ3v) is 3.35. The molecule has 1 heterocycles. The van der Waals surface area contributed by atoms with E-state index in [1.165, 1.54) is 18.1 Å². The number of benzene rings is 1. The van der Waals surface area contributed by atoms with Gasteiger partial charge in [0.1, 0.15) is 28.3 Å². The van der Waals surface area contributed by atoms with Gasteiger partial charge in [0.25, 0.3) is 5.56 Å². The van der Waals surface area contributed by atoms with Gasteiger partial charge in [-0.05, 0) is 24.5 Å². The van der Waals surface area contributed by atoms with Gasteiger partial charge in [-0.2, -0.15) is 5.26 Å². The Kier molecular flexibility index (Phi) is 4.15. The zero-order valence-electron chi connectivity index (χ0n) is 10.4. The first-order valence-electron chi connectivity index (χ1n) is 5.54. The molecule has 0 atom stereocenters. The van der Waals surface area contributed by atoms with Crippen molar-refractivity contribution >= 4 is 11.8 Å². The summed E-state index contributed by atoms with van der Waals surface area (Å²) in [7, 11) is 0. The van der Waals surface area contributed by atoms with Gasteiger partial charge in [-0.3, -0.25) is 9.36 Å². The highest BCUT2D eigenvalue weighted by Gasteiger charge is 2.12. The summed E-state index contributed by atoms with van der Waals surface area (Å²) in [6, 6.07) is 4.78. The number of thioether (sulfide) groups is 1. The molecule has 20 heavy (non-hydrogen) atoms. The van der Waals surface area contributed by atoms with Gasteiger partial charge in [0.2, 0.25) is 0 Å². The van der Waals surface area contributed by atoms with Crippen LogP contribution in [-0.4, -0.2) is 15.8 Å². The van der Waals surface area contributed by atoms with Crippen molar-refractivity contribution in [3.8, 4) is 6.07 Å². The van der Waals surface area contributed by atoms with Gasteiger partial charge in [0, 0.05) is 5.56 Å². The Labute approximate surface area is 117 Å². The van der Waals surface area contributed by atoms with Crippen LogP contribution in [-0.2, 0) is 6.54 Å². The van der Waals surface area contributed by atoms with Crippen LogP contribution in [0.25, 0.3) is 0 Å². The Morgan fingerprint density at radius 3 is 2.85 bits per heavy atom. The lowest BCUT2D eigenvalue weighted by molar-refractivity contribution is 0.572. The first-order chi connectivity index (χ1) is 9.56. The molecule has 0 amide bonds. The first-order valence-corrected chi connectivity index (χ1v) is 6.76. The Bertz CT molecular complexity index is 752. The van der Waals surface area contributed by atoms with Crippen LogP contribution in [0.5, 0.6) is 0 Å². The molecule has 0 aliphatic carbocycles. The third-order valence-electron chi connectivity index (χ3n) is 2.66. The highest BCUT2D eigenvalue weighted by Crippen LogP contribution is 2.14. The summed E-state index contributed by atoms with van der Waals surface area (Å²) in [6.45, 7) is -0.182. The summed E-state index contributed by atoms with van der Waals surface area (Å²) in [5.41, 5.74) is -0.651. The number of aromatic nitrogens is 2. The van der Waals surface area contributed by atoms with Crippen LogP contribution >= 0.6 is 11.8 Å². The molecule has 102 valence electrons. The first kappa shape index (κ1) is 14.2. The van der Waals surface area contributed by atoms with Crippen molar-refractivity contribution in [3.05, 3.63) is 57.6 Å². The Hall–Kier alpha value is -2.20. The van der Waals surface area contributed by atoms with Crippen molar-refractivity contribution in [2.24, 2.45) is 0 Å². The molecule has 0 fully saturated rings. The SMILES string of the molecule is CSc1ncn(Cc2cc(F)ccc2F)c(=O)c1C#N. The summed E-state index contributed by atoms with van der Waals surface area (Å²) in [5, 5.41) is 9.28. The summed E-state index contributed by atoms with van der Waals surface area (Å²) >= 11 is 1.17. The maximum atomic E-state index is 13.5. The fourth-order valence-corrected chi connectivity index (χ4v) is 2.17. The fraction of sp³-hybridized carbons (Fsp3) is 0.154. The van der Waals surface area contributed by atoms with Crippen molar-refractivity contribution < 1.29 is 8.78 Å². The van der Waals surface area contributed by atoms with Crippen molar-refractivity contribution in [2.75, 3.05) is 6.26 Å². The molecule has 1 aromatic heterocycles. The molecular formula is C13H9F2N3OS. The molecule has 2 aromatic rings. The van der Waals surface area contributed by atoms with E-state index in [4.69, 9.17) is 5.26 Å². The van der Waals surface area contributed by atoms with Crippen LogP contribution in [0.3, 0.4) is 0 Å². The van der Waals surface area contributed by atoms with Gasteiger partial charge in [-0.15, -0.1) is 11.8 Å². The lowest BCUT2D eigenvalue weighted by Crippen LogP contribution is -2.24. The molecule has 7 heteroatoms. The number of hydrogen-bond donors (Lipinski definition) is 0. The maximum absolute atomic E-state index is 13.5. The molecule has 0 saturated carbocycles. The van der Waals surface area contributed by atoms with Gasteiger partial charge < -0.3 is 0 Å². The van der Waals surface area contributed by atoms with E-state index >= 15 is 0 Å². The Morgan fingerprint density at radius 2 is 2.20 bits per heavy atom. The number of halogens is 2. The molecule has 0 unspecified atom stereocenters. The van der Waals surface area contributed by atoms with Crippen LogP contribution in [0.2, 0.25) is 0 Å². The van der Waals surface area contributed by atoms with Crippen LogP contribution in [0.1, 0.15) is 11.1 Å². The zero-order valence-corrected chi connectivity index (χ0v) is 11.2. The van der Waals surface area contributed by atoms with E-state index in [2.05, 4.69) is 4.98 Å². The minimum absolute atomic E-state index is 0.0229. The molecule has 0 saturated heterocycles. The molecule has 0 aliphatic heterocycles. The lowest BCUT2D eigenvalue weighted by Gasteiger charge is -2.08. The van der Waals surface area contributed by atoms with Crippen LogP contribution < -0.4 is 5.56 Å². The standard InChI is InChI=1S/C13H9F2N3OS/c1-20-12-10(5-16)13(19)18(7-17-12)6-8-4-9(14)2-3-11(8)15/h2-4,7H,6H2,1H3. The number of nitriles is 1. The topological polar surface area (TPSA) is 58.7 Å². The van der Waals surface area contributed by atoms with Crippen molar-refractivity contribution in [1.82, 2.24) is 9.55 Å². The van der Waals surface area contributed by atoms with Crippen LogP contribution in [0.15, 0.2) is 34.3 Å². The summed E-state index contributed by atoms with van der Waals surface area (Å²) in [5.74, 6) is -1.21. The summed E-state index contributed by atoms with van der Waals surface area (Å²) < 4.78 is 27.7. The maximum Gasteiger partial charge on any atom is 0.272 e. The largest absolute Gasteiger partial charge is 0.293 e. The van der Waals surface area contributed by atoms with E-state index in [0.717, 1.165) is 22.8 Å². The average Bonchev–Trinajstić information content (AvgIpc) is 2.44. The normalized spacial score (nSPS) is 10.3. The molecule has 0 radical (unpaired) electrons. The molecular weight excluding hydrogens is 284 g/mol. The second-order valence-electron chi connectivity index (χ2n) is 3.91. The summed E-state index contributed by atoms with van der Waals surface area (Å²) in [6.07, 6.45) is 2.92. The van der Waals surface area contributed by atoms with E-state index in [-0.39, 0.29) is 17.7 Å². The molecule has 4 nitrogen and oxygen atoms in total. The molecule has 0 spiro atoms. The smallest absolute Gasteiger partial charge is 0.272 e.